The highest BCUT2D eigenvalue weighted by molar-refractivity contribution is 5.91. The summed E-state index contributed by atoms with van der Waals surface area (Å²) in [6.07, 6.45) is 2.06. The molecule has 1 aliphatic heterocycles. The van der Waals surface area contributed by atoms with Crippen LogP contribution in [0.3, 0.4) is 0 Å². The van der Waals surface area contributed by atoms with Crippen molar-refractivity contribution in [1.29, 1.82) is 0 Å². The zero-order valence-electron chi connectivity index (χ0n) is 15.7. The zero-order valence-corrected chi connectivity index (χ0v) is 15.7. The predicted molar refractivity (Wildman–Crippen MR) is 99.6 cm³/mol. The molecule has 0 aromatic heterocycles. The first-order chi connectivity index (χ1) is 11.4. The van der Waals surface area contributed by atoms with Crippen molar-refractivity contribution in [3.05, 3.63) is 29.3 Å². The molecule has 2 rings (SSSR count). The van der Waals surface area contributed by atoms with Crippen LogP contribution in [0, 0.1) is 5.92 Å². The molecule has 0 aliphatic carbocycles. The minimum atomic E-state index is -0.0903. The minimum absolute atomic E-state index is 0.0252. The van der Waals surface area contributed by atoms with Gasteiger partial charge in [0.25, 0.3) is 0 Å². The Hall–Kier alpha value is -1.55. The number of anilines is 1. The highest BCUT2D eigenvalue weighted by Crippen LogP contribution is 2.33. The Bertz CT molecular complexity index is 543. The number of urea groups is 1. The van der Waals surface area contributed by atoms with E-state index in [0.29, 0.717) is 24.3 Å². The number of amides is 2. The number of carbonyl (C=O) groups is 1. The lowest BCUT2D eigenvalue weighted by Gasteiger charge is -2.39. The molecule has 0 saturated carbocycles. The largest absolute Gasteiger partial charge is 0.394 e. The molecule has 24 heavy (non-hydrogen) atoms. The van der Waals surface area contributed by atoms with E-state index in [0.717, 1.165) is 18.5 Å². The number of para-hydroxylation sites is 1. The van der Waals surface area contributed by atoms with E-state index in [1.54, 1.807) is 0 Å². The van der Waals surface area contributed by atoms with E-state index in [-0.39, 0.29) is 18.7 Å². The lowest BCUT2D eigenvalue weighted by Crippen LogP contribution is -2.51. The van der Waals surface area contributed by atoms with Crippen LogP contribution >= 0.6 is 0 Å². The Morgan fingerprint density at radius 2 is 1.83 bits per heavy atom. The second-order valence-corrected chi connectivity index (χ2v) is 7.61. The number of carbonyl (C=O) groups excluding carboxylic acids is 1. The third kappa shape index (κ3) is 3.92. The lowest BCUT2D eigenvalue weighted by molar-refractivity contribution is 0.0811. The number of nitrogens with one attached hydrogen (secondary N) is 1. The molecule has 0 bridgehead atoms. The van der Waals surface area contributed by atoms with Crippen molar-refractivity contribution in [2.75, 3.05) is 18.5 Å². The van der Waals surface area contributed by atoms with Gasteiger partial charge in [-0.15, -0.1) is 0 Å². The number of hydrogen-bond donors (Lipinski definition) is 2. The molecule has 2 amide bonds. The summed E-state index contributed by atoms with van der Waals surface area (Å²) < 4.78 is 0. The molecule has 2 unspecified atom stereocenters. The summed E-state index contributed by atoms with van der Waals surface area (Å²) in [5, 5.41) is 12.9. The van der Waals surface area contributed by atoms with Crippen molar-refractivity contribution in [3.8, 4) is 0 Å². The number of benzene rings is 1. The van der Waals surface area contributed by atoms with Gasteiger partial charge in [-0.3, -0.25) is 0 Å². The van der Waals surface area contributed by atoms with Crippen LogP contribution in [-0.4, -0.2) is 35.2 Å². The third-order valence-corrected chi connectivity index (χ3v) is 5.17. The molecule has 1 heterocycles. The Kier molecular flexibility index (Phi) is 6.27. The topological polar surface area (TPSA) is 52.6 Å². The summed E-state index contributed by atoms with van der Waals surface area (Å²) in [6, 6.07) is 6.08. The summed E-state index contributed by atoms with van der Waals surface area (Å²) in [4.78, 5) is 14.8. The molecule has 1 saturated heterocycles. The molecule has 2 atom stereocenters. The van der Waals surface area contributed by atoms with Crippen LogP contribution < -0.4 is 5.32 Å². The van der Waals surface area contributed by atoms with Crippen LogP contribution in [0.1, 0.15) is 70.4 Å². The van der Waals surface area contributed by atoms with Gasteiger partial charge in [0.15, 0.2) is 0 Å². The SMILES string of the molecule is CC(C)c1cccc(C(C)C)c1NC(=O)N1CCCC(C)C1CO. The van der Waals surface area contributed by atoms with E-state index >= 15 is 0 Å². The molecule has 2 N–H and O–H groups in total. The average Bonchev–Trinajstić information content (AvgIpc) is 2.54. The molecule has 4 nitrogen and oxygen atoms in total. The number of likely N-dealkylation sites (tertiary alicyclic amines) is 1. The molecule has 1 fully saturated rings. The number of hydrogen-bond acceptors (Lipinski definition) is 2. The third-order valence-electron chi connectivity index (χ3n) is 5.17. The molecule has 0 radical (unpaired) electrons. The molecule has 4 heteroatoms. The van der Waals surface area contributed by atoms with E-state index in [1.807, 2.05) is 4.90 Å². The van der Waals surface area contributed by atoms with Crippen LogP contribution in [-0.2, 0) is 0 Å². The van der Waals surface area contributed by atoms with Crippen molar-refractivity contribution >= 4 is 11.7 Å². The van der Waals surface area contributed by atoms with Gasteiger partial charge in [-0.05, 0) is 41.7 Å². The van der Waals surface area contributed by atoms with Crippen LogP contribution in [0.5, 0.6) is 0 Å². The number of nitrogens with zero attached hydrogens (tertiary/aromatic N) is 1. The molecule has 1 aliphatic rings. The molecule has 1 aromatic carbocycles. The summed E-state index contributed by atoms with van der Waals surface area (Å²) in [5.74, 6) is 1.01. The van der Waals surface area contributed by atoms with Crippen LogP contribution in [0.4, 0.5) is 10.5 Å². The van der Waals surface area contributed by atoms with Gasteiger partial charge >= 0.3 is 6.03 Å². The zero-order chi connectivity index (χ0) is 17.9. The van der Waals surface area contributed by atoms with Crippen LogP contribution in [0.25, 0.3) is 0 Å². The number of piperidine rings is 1. The van der Waals surface area contributed by atoms with Gasteiger partial charge in [0, 0.05) is 12.2 Å². The second-order valence-electron chi connectivity index (χ2n) is 7.61. The fourth-order valence-electron chi connectivity index (χ4n) is 3.65. The second kappa shape index (κ2) is 8.02. The van der Waals surface area contributed by atoms with Gasteiger partial charge in [-0.2, -0.15) is 0 Å². The number of rotatable bonds is 4. The normalized spacial score (nSPS) is 21.4. The summed E-state index contributed by atoms with van der Waals surface area (Å²) in [5.41, 5.74) is 3.28. The Labute approximate surface area is 146 Å². The predicted octanol–water partition coefficient (Wildman–Crippen LogP) is 4.56. The maximum Gasteiger partial charge on any atom is 0.322 e. The van der Waals surface area contributed by atoms with Gasteiger partial charge < -0.3 is 15.3 Å². The molecule has 1 aromatic rings. The fourth-order valence-corrected chi connectivity index (χ4v) is 3.65. The van der Waals surface area contributed by atoms with Crippen molar-refractivity contribution in [2.45, 2.75) is 65.3 Å². The van der Waals surface area contributed by atoms with Gasteiger partial charge in [0.2, 0.25) is 0 Å². The molecule has 134 valence electrons. The first-order valence-electron chi connectivity index (χ1n) is 9.18. The van der Waals surface area contributed by atoms with Crippen molar-refractivity contribution in [2.24, 2.45) is 5.92 Å². The number of aliphatic hydroxyl groups excluding tert-OH is 1. The fraction of sp³-hybridized carbons (Fsp3) is 0.650. The van der Waals surface area contributed by atoms with Gasteiger partial charge in [-0.25, -0.2) is 4.79 Å². The molecule has 0 spiro atoms. The Morgan fingerprint density at radius 3 is 2.33 bits per heavy atom. The van der Waals surface area contributed by atoms with Gasteiger partial charge in [0.05, 0.1) is 12.6 Å². The molecular weight excluding hydrogens is 300 g/mol. The highest BCUT2D eigenvalue weighted by atomic mass is 16.3. The minimum Gasteiger partial charge on any atom is -0.394 e. The Morgan fingerprint density at radius 1 is 1.25 bits per heavy atom. The van der Waals surface area contributed by atoms with Crippen molar-refractivity contribution in [1.82, 2.24) is 4.90 Å². The van der Waals surface area contributed by atoms with Crippen molar-refractivity contribution < 1.29 is 9.90 Å². The maximum atomic E-state index is 12.9. The van der Waals surface area contributed by atoms with E-state index in [9.17, 15) is 9.90 Å². The first-order valence-corrected chi connectivity index (χ1v) is 9.18. The first kappa shape index (κ1) is 18.8. The summed E-state index contributed by atoms with van der Waals surface area (Å²) in [6.45, 7) is 11.4. The maximum absolute atomic E-state index is 12.9. The average molecular weight is 332 g/mol. The van der Waals surface area contributed by atoms with E-state index in [2.05, 4.69) is 58.1 Å². The van der Waals surface area contributed by atoms with E-state index < -0.39 is 0 Å². The van der Waals surface area contributed by atoms with Crippen LogP contribution in [0.15, 0.2) is 18.2 Å². The van der Waals surface area contributed by atoms with Gasteiger partial charge in [-0.1, -0.05) is 52.8 Å². The summed E-state index contributed by atoms with van der Waals surface area (Å²) >= 11 is 0. The Balaban J connectivity index is 2.31. The van der Waals surface area contributed by atoms with E-state index in [4.69, 9.17) is 0 Å². The monoisotopic (exact) mass is 332 g/mol. The lowest BCUT2D eigenvalue weighted by atomic mass is 9.91. The quantitative estimate of drug-likeness (QED) is 0.849. The molecular formula is C20H32N2O2. The summed E-state index contributed by atoms with van der Waals surface area (Å²) in [7, 11) is 0. The van der Waals surface area contributed by atoms with E-state index in [1.165, 1.54) is 11.1 Å². The number of aliphatic hydroxyl groups is 1. The van der Waals surface area contributed by atoms with Gasteiger partial charge in [0.1, 0.15) is 0 Å². The standard InChI is InChI=1S/C20H32N2O2/c1-13(2)16-9-6-10-17(14(3)4)19(16)21-20(24)22-11-7-8-15(5)18(22)12-23/h6,9-10,13-15,18,23H,7-8,11-12H2,1-5H3,(H,21,24). The highest BCUT2D eigenvalue weighted by Gasteiger charge is 2.32. The van der Waals surface area contributed by atoms with Crippen LogP contribution in [0.2, 0.25) is 0 Å². The smallest absolute Gasteiger partial charge is 0.322 e. The van der Waals surface area contributed by atoms with Crippen molar-refractivity contribution in [3.63, 3.8) is 0 Å².